The van der Waals surface area contributed by atoms with Crippen LogP contribution < -0.4 is 11.6 Å². The molecule has 0 spiro atoms. The molecule has 0 aliphatic rings. The molecule has 11 heavy (non-hydrogen) atoms. The zero-order chi connectivity index (χ0) is 8.69. The monoisotopic (exact) mass is 175 g/mol. The summed E-state index contributed by atoms with van der Waals surface area (Å²) in [5.74, 6) is 6.74. The molecule has 0 saturated heterocycles. The van der Waals surface area contributed by atoms with Crippen molar-refractivity contribution in [2.45, 2.75) is 26.7 Å². The third-order valence-corrected chi connectivity index (χ3v) is 2.20. The van der Waals surface area contributed by atoms with Crippen LogP contribution in [-0.2, 0) is 0 Å². The fourth-order valence-corrected chi connectivity index (χ4v) is 1.30. The second-order valence-electron chi connectivity index (χ2n) is 2.85. The Labute approximate surface area is 72.6 Å². The molecule has 0 amide bonds. The first kappa shape index (κ1) is 10.6. The van der Waals surface area contributed by atoms with Gasteiger partial charge in [0.2, 0.25) is 0 Å². The van der Waals surface area contributed by atoms with E-state index in [2.05, 4.69) is 18.9 Å². The van der Waals surface area contributed by atoms with Crippen molar-refractivity contribution < 1.29 is 0 Å². The summed E-state index contributed by atoms with van der Waals surface area (Å²) < 4.78 is 0. The van der Waals surface area contributed by atoms with Gasteiger partial charge in [-0.1, -0.05) is 32.0 Å². The lowest BCUT2D eigenvalue weighted by atomic mass is 10.1. The number of nitrogens with two attached hydrogens (primary N) is 2. The van der Waals surface area contributed by atoms with E-state index >= 15 is 0 Å². The maximum atomic E-state index is 5.38. The molecule has 0 atom stereocenters. The van der Waals surface area contributed by atoms with Crippen LogP contribution in [0, 0.1) is 5.92 Å². The first-order chi connectivity index (χ1) is 5.16. The molecule has 0 fully saturated rings. The molecule has 0 aromatic rings. The summed E-state index contributed by atoms with van der Waals surface area (Å²) in [6, 6.07) is 0. The summed E-state index contributed by atoms with van der Waals surface area (Å²) in [6.07, 6.45) is 2.42. The van der Waals surface area contributed by atoms with E-state index in [-0.39, 0.29) is 0 Å². The van der Waals surface area contributed by atoms with Gasteiger partial charge in [0.15, 0.2) is 5.17 Å². The van der Waals surface area contributed by atoms with E-state index < -0.39 is 0 Å². The van der Waals surface area contributed by atoms with Crippen LogP contribution in [0.25, 0.3) is 0 Å². The maximum absolute atomic E-state index is 5.38. The molecule has 0 aliphatic heterocycles. The van der Waals surface area contributed by atoms with Crippen molar-refractivity contribution in [2.75, 3.05) is 5.75 Å². The fraction of sp³-hybridized carbons (Fsp3) is 0.857. The van der Waals surface area contributed by atoms with Crippen LogP contribution in [0.1, 0.15) is 26.7 Å². The van der Waals surface area contributed by atoms with Gasteiger partial charge in [0.25, 0.3) is 0 Å². The summed E-state index contributed by atoms with van der Waals surface area (Å²) in [7, 11) is 0. The lowest BCUT2D eigenvalue weighted by Gasteiger charge is -2.02. The predicted octanol–water partition coefficient (Wildman–Crippen LogP) is 1.34. The zero-order valence-corrected chi connectivity index (χ0v) is 8.03. The molecule has 0 radical (unpaired) electrons. The van der Waals surface area contributed by atoms with Gasteiger partial charge in [-0.2, -0.15) is 5.10 Å². The van der Waals surface area contributed by atoms with E-state index in [1.807, 2.05) is 0 Å². The average molecular weight is 175 g/mol. The van der Waals surface area contributed by atoms with Crippen molar-refractivity contribution in [3.8, 4) is 0 Å². The van der Waals surface area contributed by atoms with Gasteiger partial charge in [0, 0.05) is 5.75 Å². The number of hydrogen-bond acceptors (Lipinski definition) is 3. The highest BCUT2D eigenvalue weighted by molar-refractivity contribution is 8.13. The topological polar surface area (TPSA) is 64.4 Å². The molecule has 0 aliphatic carbocycles. The predicted molar refractivity (Wildman–Crippen MR) is 52.3 cm³/mol. The molecule has 4 N–H and O–H groups in total. The van der Waals surface area contributed by atoms with Crippen LogP contribution in [0.5, 0.6) is 0 Å². The minimum Gasteiger partial charge on any atom is -0.377 e. The molecule has 0 heterocycles. The largest absolute Gasteiger partial charge is 0.377 e. The van der Waals surface area contributed by atoms with E-state index in [0.717, 1.165) is 11.7 Å². The van der Waals surface area contributed by atoms with Gasteiger partial charge in [-0.05, 0) is 12.3 Å². The summed E-state index contributed by atoms with van der Waals surface area (Å²) in [5, 5.41) is 3.84. The van der Waals surface area contributed by atoms with Crippen LogP contribution in [0.15, 0.2) is 5.10 Å². The van der Waals surface area contributed by atoms with Crippen LogP contribution in [-0.4, -0.2) is 10.9 Å². The van der Waals surface area contributed by atoms with E-state index in [1.165, 1.54) is 24.6 Å². The number of nitrogens with zero attached hydrogens (tertiary/aromatic N) is 1. The van der Waals surface area contributed by atoms with Crippen LogP contribution in [0.2, 0.25) is 0 Å². The minimum atomic E-state index is 0.480. The van der Waals surface area contributed by atoms with Crippen molar-refractivity contribution >= 4 is 16.9 Å². The molecule has 0 unspecified atom stereocenters. The Bertz CT molecular complexity index is 123. The summed E-state index contributed by atoms with van der Waals surface area (Å²) in [6.45, 7) is 4.43. The van der Waals surface area contributed by atoms with Gasteiger partial charge < -0.3 is 11.6 Å². The third kappa shape index (κ3) is 7.52. The summed E-state index contributed by atoms with van der Waals surface area (Å²) in [4.78, 5) is 0. The highest BCUT2D eigenvalue weighted by atomic mass is 32.2. The first-order valence-corrected chi connectivity index (χ1v) is 4.81. The van der Waals surface area contributed by atoms with Crippen molar-refractivity contribution in [1.29, 1.82) is 0 Å². The minimum absolute atomic E-state index is 0.480. The van der Waals surface area contributed by atoms with E-state index in [4.69, 9.17) is 11.6 Å². The number of hydrogen-bond donors (Lipinski definition) is 2. The Balaban J connectivity index is 3.15. The maximum Gasteiger partial charge on any atom is 0.177 e. The van der Waals surface area contributed by atoms with E-state index in [9.17, 15) is 0 Å². The van der Waals surface area contributed by atoms with Gasteiger partial charge in [-0.15, -0.1) is 0 Å². The summed E-state index contributed by atoms with van der Waals surface area (Å²) >= 11 is 1.52. The number of hydrazone groups is 1. The van der Waals surface area contributed by atoms with E-state index in [1.54, 1.807) is 0 Å². The molecule has 0 bridgehead atoms. The Kier molecular flexibility index (Phi) is 6.12. The quantitative estimate of drug-likeness (QED) is 0.223. The van der Waals surface area contributed by atoms with Crippen molar-refractivity contribution in [3.05, 3.63) is 0 Å². The SMILES string of the molecule is CC(C)CCCSC(N)=NN. The normalized spacial score (nSPS) is 12.5. The first-order valence-electron chi connectivity index (χ1n) is 3.83. The molecule has 66 valence electrons. The molecule has 4 heteroatoms. The number of rotatable bonds is 4. The molecule has 0 saturated carbocycles. The van der Waals surface area contributed by atoms with Crippen LogP contribution in [0.3, 0.4) is 0 Å². The standard InChI is InChI=1S/C7H17N3S/c1-6(2)4-3-5-11-7(8)10-9/h6H,3-5,9H2,1-2H3,(H2,8,10). The molecule has 3 nitrogen and oxygen atoms in total. The van der Waals surface area contributed by atoms with Crippen LogP contribution >= 0.6 is 11.8 Å². The van der Waals surface area contributed by atoms with Crippen molar-refractivity contribution in [3.63, 3.8) is 0 Å². The Hall–Kier alpha value is -0.380. The second kappa shape index (κ2) is 6.34. The molecule has 0 aromatic heterocycles. The highest BCUT2D eigenvalue weighted by Gasteiger charge is 1.95. The fourth-order valence-electron chi connectivity index (χ4n) is 0.706. The van der Waals surface area contributed by atoms with Gasteiger partial charge in [0.1, 0.15) is 0 Å². The van der Waals surface area contributed by atoms with Crippen molar-refractivity contribution in [1.82, 2.24) is 0 Å². The smallest absolute Gasteiger partial charge is 0.177 e. The lowest BCUT2D eigenvalue weighted by Crippen LogP contribution is -2.09. The number of amidine groups is 1. The second-order valence-corrected chi connectivity index (χ2v) is 3.97. The third-order valence-electron chi connectivity index (χ3n) is 1.30. The van der Waals surface area contributed by atoms with Gasteiger partial charge in [0.05, 0.1) is 0 Å². The van der Waals surface area contributed by atoms with Crippen LogP contribution in [0.4, 0.5) is 0 Å². The van der Waals surface area contributed by atoms with E-state index in [0.29, 0.717) is 5.17 Å². The molecular formula is C7H17N3S. The molecule has 0 aromatic carbocycles. The highest BCUT2D eigenvalue weighted by Crippen LogP contribution is 2.08. The summed E-state index contributed by atoms with van der Waals surface area (Å²) in [5.41, 5.74) is 5.38. The Morgan fingerprint density at radius 3 is 2.64 bits per heavy atom. The van der Waals surface area contributed by atoms with Gasteiger partial charge in [-0.3, -0.25) is 0 Å². The number of thioether (sulfide) groups is 1. The zero-order valence-electron chi connectivity index (χ0n) is 7.21. The Morgan fingerprint density at radius 1 is 1.55 bits per heavy atom. The lowest BCUT2D eigenvalue weighted by molar-refractivity contribution is 0.579. The average Bonchev–Trinajstić information content (AvgIpc) is 1.97. The Morgan fingerprint density at radius 2 is 2.18 bits per heavy atom. The van der Waals surface area contributed by atoms with Crippen molar-refractivity contribution in [2.24, 2.45) is 22.6 Å². The molecular weight excluding hydrogens is 158 g/mol. The van der Waals surface area contributed by atoms with Gasteiger partial charge in [-0.25, -0.2) is 0 Å². The van der Waals surface area contributed by atoms with Gasteiger partial charge >= 0.3 is 0 Å². The molecule has 0 rings (SSSR count).